The van der Waals surface area contributed by atoms with Gasteiger partial charge in [-0.3, -0.25) is 9.59 Å². The number of rotatable bonds is 3. The molecule has 108 valence electrons. The summed E-state index contributed by atoms with van der Waals surface area (Å²) in [6.07, 6.45) is 1.65. The van der Waals surface area contributed by atoms with Gasteiger partial charge in [0.2, 0.25) is 11.8 Å². The molecular weight excluding hydrogens is 327 g/mol. The van der Waals surface area contributed by atoms with Crippen molar-refractivity contribution in [2.45, 2.75) is 32.2 Å². The summed E-state index contributed by atoms with van der Waals surface area (Å²) < 4.78 is 13.6. The van der Waals surface area contributed by atoms with E-state index in [1.807, 2.05) is 6.92 Å². The fraction of sp³-hybridized carbons (Fsp3) is 0.429. The van der Waals surface area contributed by atoms with E-state index in [2.05, 4.69) is 21.2 Å². The lowest BCUT2D eigenvalue weighted by atomic mass is 10.1. The molecule has 1 fully saturated rings. The third kappa shape index (κ3) is 3.17. The van der Waals surface area contributed by atoms with Gasteiger partial charge in [-0.2, -0.15) is 0 Å². The molecule has 0 bridgehead atoms. The number of amides is 2. The number of carbonyl (C=O) groups excluding carboxylic acids is 2. The van der Waals surface area contributed by atoms with Crippen LogP contribution in [0, 0.1) is 5.82 Å². The molecule has 0 aromatic heterocycles. The third-order valence-electron chi connectivity index (χ3n) is 3.25. The van der Waals surface area contributed by atoms with Crippen molar-refractivity contribution in [1.29, 1.82) is 0 Å². The molecular formula is C14H16BrFN2O2. The molecule has 1 unspecified atom stereocenters. The molecule has 2 rings (SSSR count). The van der Waals surface area contributed by atoms with Gasteiger partial charge in [0.1, 0.15) is 11.9 Å². The maximum atomic E-state index is 13.3. The number of anilines is 1. The first-order valence-electron chi connectivity index (χ1n) is 6.58. The SMILES string of the molecule is CCCC1NC(=O)CCN(c2ccc(F)c(Br)c2)C1=O. The van der Waals surface area contributed by atoms with E-state index in [1.165, 1.54) is 6.07 Å². The van der Waals surface area contributed by atoms with Crippen molar-refractivity contribution in [1.82, 2.24) is 5.32 Å². The van der Waals surface area contributed by atoms with Crippen LogP contribution in [0.4, 0.5) is 10.1 Å². The molecule has 1 saturated heterocycles. The number of carbonyl (C=O) groups is 2. The maximum Gasteiger partial charge on any atom is 0.249 e. The van der Waals surface area contributed by atoms with Crippen molar-refractivity contribution < 1.29 is 14.0 Å². The predicted octanol–water partition coefficient (Wildman–Crippen LogP) is 2.61. The quantitative estimate of drug-likeness (QED) is 0.917. The maximum absolute atomic E-state index is 13.3. The van der Waals surface area contributed by atoms with Gasteiger partial charge in [0.15, 0.2) is 0 Å². The molecule has 1 aromatic rings. The molecule has 0 aliphatic carbocycles. The van der Waals surface area contributed by atoms with Crippen LogP contribution in [-0.4, -0.2) is 24.4 Å². The zero-order chi connectivity index (χ0) is 14.7. The van der Waals surface area contributed by atoms with Crippen molar-refractivity contribution in [2.24, 2.45) is 0 Å². The fourth-order valence-corrected chi connectivity index (χ4v) is 2.60. The Kier molecular flexibility index (Phi) is 4.75. The van der Waals surface area contributed by atoms with E-state index in [4.69, 9.17) is 0 Å². The second-order valence-electron chi connectivity index (χ2n) is 4.75. The number of nitrogens with one attached hydrogen (secondary N) is 1. The fourth-order valence-electron chi connectivity index (χ4n) is 2.23. The van der Waals surface area contributed by atoms with E-state index in [-0.39, 0.29) is 24.1 Å². The van der Waals surface area contributed by atoms with E-state index in [0.717, 1.165) is 6.42 Å². The molecule has 1 aliphatic heterocycles. The van der Waals surface area contributed by atoms with Gasteiger partial charge >= 0.3 is 0 Å². The Morgan fingerprint density at radius 1 is 1.45 bits per heavy atom. The van der Waals surface area contributed by atoms with Crippen molar-refractivity contribution in [3.05, 3.63) is 28.5 Å². The smallest absolute Gasteiger partial charge is 0.249 e. The van der Waals surface area contributed by atoms with Crippen LogP contribution >= 0.6 is 15.9 Å². The van der Waals surface area contributed by atoms with Crippen LogP contribution in [-0.2, 0) is 9.59 Å². The predicted molar refractivity (Wildman–Crippen MR) is 77.9 cm³/mol. The first-order chi connectivity index (χ1) is 9.52. The van der Waals surface area contributed by atoms with Crippen LogP contribution in [0.3, 0.4) is 0 Å². The summed E-state index contributed by atoms with van der Waals surface area (Å²) in [5, 5.41) is 2.74. The normalized spacial score (nSPS) is 19.8. The lowest BCUT2D eigenvalue weighted by molar-refractivity contribution is -0.125. The highest BCUT2D eigenvalue weighted by molar-refractivity contribution is 9.10. The first kappa shape index (κ1) is 15.0. The monoisotopic (exact) mass is 342 g/mol. The van der Waals surface area contributed by atoms with Crippen molar-refractivity contribution in [3.8, 4) is 0 Å². The van der Waals surface area contributed by atoms with Crippen molar-refractivity contribution in [3.63, 3.8) is 0 Å². The summed E-state index contributed by atoms with van der Waals surface area (Å²) in [5.41, 5.74) is 0.598. The van der Waals surface area contributed by atoms with Gasteiger partial charge in [-0.15, -0.1) is 0 Å². The molecule has 6 heteroatoms. The summed E-state index contributed by atoms with van der Waals surface area (Å²) in [7, 11) is 0. The second-order valence-corrected chi connectivity index (χ2v) is 5.60. The summed E-state index contributed by atoms with van der Waals surface area (Å²) >= 11 is 3.11. The van der Waals surface area contributed by atoms with Crippen LogP contribution in [0.2, 0.25) is 0 Å². The van der Waals surface area contributed by atoms with Gasteiger partial charge in [0.05, 0.1) is 4.47 Å². The van der Waals surface area contributed by atoms with Crippen molar-refractivity contribution >= 4 is 33.4 Å². The Balaban J connectivity index is 2.30. The third-order valence-corrected chi connectivity index (χ3v) is 3.86. The minimum Gasteiger partial charge on any atom is -0.344 e. The van der Waals surface area contributed by atoms with Crippen LogP contribution in [0.25, 0.3) is 0 Å². The van der Waals surface area contributed by atoms with Gasteiger partial charge in [-0.25, -0.2) is 4.39 Å². The van der Waals surface area contributed by atoms with E-state index < -0.39 is 6.04 Å². The number of hydrogen-bond donors (Lipinski definition) is 1. The first-order valence-corrected chi connectivity index (χ1v) is 7.38. The van der Waals surface area contributed by atoms with Gasteiger partial charge in [0, 0.05) is 18.7 Å². The average molecular weight is 343 g/mol. The van der Waals surface area contributed by atoms with Crippen LogP contribution < -0.4 is 10.2 Å². The topological polar surface area (TPSA) is 49.4 Å². The Labute approximate surface area is 125 Å². The highest BCUT2D eigenvalue weighted by Gasteiger charge is 2.30. The lowest BCUT2D eigenvalue weighted by Crippen LogP contribution is -2.44. The zero-order valence-electron chi connectivity index (χ0n) is 11.2. The molecule has 20 heavy (non-hydrogen) atoms. The molecule has 1 atom stereocenters. The summed E-state index contributed by atoms with van der Waals surface area (Å²) in [5.74, 6) is -0.646. The minimum atomic E-state index is -0.501. The summed E-state index contributed by atoms with van der Waals surface area (Å²) in [4.78, 5) is 25.7. The molecule has 0 radical (unpaired) electrons. The Bertz CT molecular complexity index is 536. The van der Waals surface area contributed by atoms with Crippen LogP contribution in [0.1, 0.15) is 26.2 Å². The van der Waals surface area contributed by atoms with E-state index in [1.54, 1.807) is 17.0 Å². The second kappa shape index (κ2) is 6.35. The Morgan fingerprint density at radius 3 is 2.85 bits per heavy atom. The molecule has 1 aromatic carbocycles. The Hall–Kier alpha value is -1.43. The molecule has 4 nitrogen and oxygen atoms in total. The highest BCUT2D eigenvalue weighted by Crippen LogP contribution is 2.25. The molecule has 0 saturated carbocycles. The minimum absolute atomic E-state index is 0.125. The largest absolute Gasteiger partial charge is 0.344 e. The number of nitrogens with zero attached hydrogens (tertiary/aromatic N) is 1. The summed E-state index contributed by atoms with van der Waals surface area (Å²) in [6, 6.07) is 3.92. The Morgan fingerprint density at radius 2 is 2.20 bits per heavy atom. The van der Waals surface area contributed by atoms with Crippen LogP contribution in [0.5, 0.6) is 0 Å². The van der Waals surface area contributed by atoms with Gasteiger partial charge in [-0.05, 0) is 40.5 Å². The number of halogens is 2. The zero-order valence-corrected chi connectivity index (χ0v) is 12.7. The standard InChI is InChI=1S/C14H16BrFN2O2/c1-2-3-12-14(20)18(7-6-13(19)17-12)9-4-5-11(16)10(15)8-9/h4-5,8,12H,2-3,6-7H2,1H3,(H,17,19). The molecule has 0 spiro atoms. The molecule has 1 aliphatic rings. The van der Waals surface area contributed by atoms with Gasteiger partial charge in [-0.1, -0.05) is 13.3 Å². The average Bonchev–Trinajstić information content (AvgIpc) is 2.54. The number of benzene rings is 1. The molecule has 1 heterocycles. The molecule has 2 amide bonds. The molecule has 1 N–H and O–H groups in total. The van der Waals surface area contributed by atoms with E-state index >= 15 is 0 Å². The number of hydrogen-bond acceptors (Lipinski definition) is 2. The van der Waals surface area contributed by atoms with Crippen LogP contribution in [0.15, 0.2) is 22.7 Å². The highest BCUT2D eigenvalue weighted by atomic mass is 79.9. The van der Waals surface area contributed by atoms with Gasteiger partial charge < -0.3 is 10.2 Å². The van der Waals surface area contributed by atoms with Gasteiger partial charge in [0.25, 0.3) is 0 Å². The lowest BCUT2D eigenvalue weighted by Gasteiger charge is -2.24. The van der Waals surface area contributed by atoms with E-state index in [9.17, 15) is 14.0 Å². The van der Waals surface area contributed by atoms with E-state index in [0.29, 0.717) is 23.1 Å². The summed E-state index contributed by atoms with van der Waals surface area (Å²) in [6.45, 7) is 2.27. The van der Waals surface area contributed by atoms with Crippen molar-refractivity contribution in [2.75, 3.05) is 11.4 Å².